The van der Waals surface area contributed by atoms with Gasteiger partial charge in [-0.15, -0.1) is 0 Å². The number of hydrogen-bond acceptors (Lipinski definition) is 6. The third kappa shape index (κ3) is 7.50. The lowest BCUT2D eigenvalue weighted by Gasteiger charge is -2.19. The molecule has 8 nitrogen and oxygen atoms in total. The lowest BCUT2D eigenvalue weighted by molar-refractivity contribution is -0.116. The Balaban J connectivity index is 1.47. The maximum atomic E-state index is 12.2. The minimum atomic E-state index is -0.543. The molecule has 0 unspecified atom stereocenters. The zero-order chi connectivity index (χ0) is 24.9. The van der Waals surface area contributed by atoms with Gasteiger partial charge in [-0.05, 0) is 74.6 Å². The van der Waals surface area contributed by atoms with Gasteiger partial charge in [-0.25, -0.2) is 4.79 Å². The van der Waals surface area contributed by atoms with Gasteiger partial charge in [0.2, 0.25) is 5.91 Å². The molecule has 0 spiro atoms. The number of hydrogen-bond donors (Lipinski definition) is 3. The van der Waals surface area contributed by atoms with Gasteiger partial charge in [0.1, 0.15) is 11.1 Å². The van der Waals surface area contributed by atoms with E-state index in [-0.39, 0.29) is 17.7 Å². The molecule has 1 aromatic heterocycles. The number of alkyl carbamates (subject to hydrolysis) is 1. The number of ether oxygens (including phenoxy) is 1. The molecule has 0 atom stereocenters. The van der Waals surface area contributed by atoms with Crippen LogP contribution in [-0.4, -0.2) is 29.1 Å². The van der Waals surface area contributed by atoms with Gasteiger partial charge in [-0.2, -0.15) is 4.98 Å². The van der Waals surface area contributed by atoms with Crippen LogP contribution < -0.4 is 16.0 Å². The molecular formula is C26H34N4O4. The highest BCUT2D eigenvalue weighted by Gasteiger charge is 2.17. The summed E-state index contributed by atoms with van der Waals surface area (Å²) in [5.41, 5.74) is 3.69. The molecule has 0 aliphatic carbocycles. The highest BCUT2D eigenvalue weighted by Crippen LogP contribution is 2.28. The van der Waals surface area contributed by atoms with Crippen molar-refractivity contribution in [1.29, 1.82) is 0 Å². The van der Waals surface area contributed by atoms with Gasteiger partial charge in [-0.1, -0.05) is 26.8 Å². The lowest BCUT2D eigenvalue weighted by atomic mass is 9.87. The normalized spacial score (nSPS) is 11.8. The van der Waals surface area contributed by atoms with Crippen LogP contribution in [0.4, 0.5) is 22.2 Å². The highest BCUT2D eigenvalue weighted by molar-refractivity contribution is 5.91. The molecule has 0 aliphatic rings. The molecule has 0 aliphatic heterocycles. The molecule has 3 N–H and O–H groups in total. The van der Waals surface area contributed by atoms with Crippen molar-refractivity contribution < 1.29 is 18.7 Å². The number of nitrogens with one attached hydrogen (secondary N) is 3. The molecule has 1 heterocycles. The van der Waals surface area contributed by atoms with Crippen molar-refractivity contribution in [2.24, 2.45) is 0 Å². The summed E-state index contributed by atoms with van der Waals surface area (Å²) in [4.78, 5) is 28.3. The van der Waals surface area contributed by atoms with Crippen LogP contribution in [-0.2, 0) is 14.9 Å². The number of anilines is 3. The lowest BCUT2D eigenvalue weighted by Crippen LogP contribution is -2.33. The van der Waals surface area contributed by atoms with Crippen molar-refractivity contribution >= 4 is 40.5 Å². The summed E-state index contributed by atoms with van der Waals surface area (Å²) in [5, 5.41) is 8.65. The van der Waals surface area contributed by atoms with E-state index in [0.29, 0.717) is 24.7 Å². The predicted octanol–water partition coefficient (Wildman–Crippen LogP) is 6.11. The van der Waals surface area contributed by atoms with Gasteiger partial charge < -0.3 is 25.1 Å². The SMILES string of the molecule is CC(C)(C)OC(=O)NCCCC(=O)Nc1ccc(Nc2nc3cc(C(C)(C)C)ccc3o2)cc1. The first-order chi connectivity index (χ1) is 15.9. The summed E-state index contributed by atoms with van der Waals surface area (Å²) in [6.45, 7) is 12.3. The molecule has 8 heteroatoms. The summed E-state index contributed by atoms with van der Waals surface area (Å²) < 4.78 is 11.0. The van der Waals surface area contributed by atoms with Crippen molar-refractivity contribution in [2.75, 3.05) is 17.2 Å². The Morgan fingerprint density at radius 3 is 2.29 bits per heavy atom. The van der Waals surface area contributed by atoms with E-state index >= 15 is 0 Å². The van der Waals surface area contributed by atoms with Crippen LogP contribution in [0.2, 0.25) is 0 Å². The van der Waals surface area contributed by atoms with E-state index in [2.05, 4.69) is 47.8 Å². The first kappa shape index (κ1) is 25.1. The number of nitrogens with zero attached hydrogens (tertiary/aromatic N) is 1. The second-order valence-corrected chi connectivity index (χ2v) is 10.2. The van der Waals surface area contributed by atoms with Crippen molar-refractivity contribution in [3.8, 4) is 0 Å². The molecule has 0 saturated carbocycles. The van der Waals surface area contributed by atoms with Crippen LogP contribution in [0.5, 0.6) is 0 Å². The molecule has 2 amide bonds. The summed E-state index contributed by atoms with van der Waals surface area (Å²) in [6.07, 6.45) is 0.318. The van der Waals surface area contributed by atoms with Crippen LogP contribution in [0.3, 0.4) is 0 Å². The average Bonchev–Trinajstić information content (AvgIpc) is 3.12. The van der Waals surface area contributed by atoms with Gasteiger partial charge in [0.05, 0.1) is 0 Å². The van der Waals surface area contributed by atoms with Gasteiger partial charge in [-0.3, -0.25) is 4.79 Å². The Bertz CT molecular complexity index is 1140. The second kappa shape index (κ2) is 10.2. The first-order valence-corrected chi connectivity index (χ1v) is 11.4. The molecular weight excluding hydrogens is 432 g/mol. The van der Waals surface area contributed by atoms with Gasteiger partial charge >= 0.3 is 6.09 Å². The zero-order valence-electron chi connectivity index (χ0n) is 20.7. The molecule has 0 fully saturated rings. The molecule has 3 rings (SSSR count). The Morgan fingerprint density at radius 1 is 0.971 bits per heavy atom. The van der Waals surface area contributed by atoms with Crippen LogP contribution in [0.1, 0.15) is 59.9 Å². The Labute approximate surface area is 200 Å². The van der Waals surface area contributed by atoms with E-state index in [4.69, 9.17) is 9.15 Å². The number of amides is 2. The Morgan fingerprint density at radius 2 is 1.65 bits per heavy atom. The number of benzene rings is 2. The summed E-state index contributed by atoms with van der Waals surface area (Å²) in [7, 11) is 0. The maximum absolute atomic E-state index is 12.2. The van der Waals surface area contributed by atoms with Gasteiger partial charge in [0, 0.05) is 24.3 Å². The van der Waals surface area contributed by atoms with Crippen LogP contribution in [0, 0.1) is 0 Å². The number of rotatable bonds is 7. The number of carbonyl (C=O) groups excluding carboxylic acids is 2. The van der Waals surface area contributed by atoms with Crippen LogP contribution in [0.25, 0.3) is 11.1 Å². The number of fused-ring (bicyclic) bond motifs is 1. The van der Waals surface area contributed by atoms with E-state index in [1.165, 1.54) is 5.56 Å². The number of oxazole rings is 1. The topological polar surface area (TPSA) is 105 Å². The third-order valence-electron chi connectivity index (χ3n) is 4.92. The third-order valence-corrected chi connectivity index (χ3v) is 4.92. The van der Waals surface area contributed by atoms with Crippen molar-refractivity contribution in [3.05, 3.63) is 48.0 Å². The van der Waals surface area contributed by atoms with Crippen LogP contribution in [0.15, 0.2) is 46.9 Å². The highest BCUT2D eigenvalue weighted by atomic mass is 16.6. The maximum Gasteiger partial charge on any atom is 0.407 e. The van der Waals surface area contributed by atoms with Crippen molar-refractivity contribution in [1.82, 2.24) is 10.3 Å². The molecule has 3 aromatic rings. The largest absolute Gasteiger partial charge is 0.444 e. The Kier molecular flexibility index (Phi) is 7.49. The molecule has 2 aromatic carbocycles. The van der Waals surface area contributed by atoms with E-state index < -0.39 is 11.7 Å². The fourth-order valence-corrected chi connectivity index (χ4v) is 3.18. The predicted molar refractivity (Wildman–Crippen MR) is 135 cm³/mol. The quantitative estimate of drug-likeness (QED) is 0.363. The average molecular weight is 467 g/mol. The smallest absolute Gasteiger partial charge is 0.407 e. The monoisotopic (exact) mass is 466 g/mol. The van der Waals surface area contributed by atoms with Crippen LogP contribution >= 0.6 is 0 Å². The van der Waals surface area contributed by atoms with E-state index in [1.807, 2.05) is 24.3 Å². The van der Waals surface area contributed by atoms with Gasteiger partial charge in [0.25, 0.3) is 6.01 Å². The summed E-state index contributed by atoms with van der Waals surface area (Å²) in [5.74, 6) is -0.125. The van der Waals surface area contributed by atoms with E-state index in [9.17, 15) is 9.59 Å². The fraction of sp³-hybridized carbons (Fsp3) is 0.423. The molecule has 0 radical (unpaired) electrons. The van der Waals surface area contributed by atoms with Gasteiger partial charge in [0.15, 0.2) is 5.58 Å². The molecule has 34 heavy (non-hydrogen) atoms. The Hall–Kier alpha value is -3.55. The fourth-order valence-electron chi connectivity index (χ4n) is 3.18. The molecule has 182 valence electrons. The van der Waals surface area contributed by atoms with E-state index in [1.54, 1.807) is 32.9 Å². The van der Waals surface area contributed by atoms with Crippen molar-refractivity contribution in [3.63, 3.8) is 0 Å². The second-order valence-electron chi connectivity index (χ2n) is 10.2. The number of aromatic nitrogens is 1. The first-order valence-electron chi connectivity index (χ1n) is 11.4. The molecule has 0 bridgehead atoms. The summed E-state index contributed by atoms with van der Waals surface area (Å²) >= 11 is 0. The standard InChI is InChI=1S/C26H34N4O4/c1-25(2,3)17-9-14-21-20(16-17)30-23(33-21)29-19-12-10-18(11-13-19)28-22(31)8-7-15-27-24(32)34-26(4,5)6/h9-14,16H,7-8,15H2,1-6H3,(H,27,32)(H,28,31)(H,29,30). The minimum Gasteiger partial charge on any atom is -0.444 e. The molecule has 0 saturated heterocycles. The number of carbonyl (C=O) groups is 2. The zero-order valence-corrected chi connectivity index (χ0v) is 20.7. The van der Waals surface area contributed by atoms with E-state index in [0.717, 1.165) is 16.8 Å². The minimum absolute atomic E-state index is 0.0373. The van der Waals surface area contributed by atoms with Crippen molar-refractivity contribution in [2.45, 2.75) is 65.4 Å². The summed E-state index contributed by atoms with van der Waals surface area (Å²) in [6, 6.07) is 13.8.